The summed E-state index contributed by atoms with van der Waals surface area (Å²) in [6.07, 6.45) is 0.828. The highest BCUT2D eigenvalue weighted by molar-refractivity contribution is 5.66. The molecule has 1 nitrogen and oxygen atoms in total. The molecule has 0 saturated carbocycles. The molecule has 0 amide bonds. The van der Waals surface area contributed by atoms with E-state index in [1.165, 1.54) is 5.56 Å². The minimum atomic E-state index is 0.317. The van der Waals surface area contributed by atoms with Gasteiger partial charge < -0.3 is 5.11 Å². The lowest BCUT2D eigenvalue weighted by atomic mass is 9.99. The zero-order valence-corrected chi connectivity index (χ0v) is 11.2. The Morgan fingerprint density at radius 1 is 0.600 bits per heavy atom. The number of phenols is 1. The van der Waals surface area contributed by atoms with Crippen molar-refractivity contribution in [2.75, 3.05) is 0 Å². The van der Waals surface area contributed by atoms with Gasteiger partial charge in [0.2, 0.25) is 0 Å². The van der Waals surface area contributed by atoms with Gasteiger partial charge in [0.1, 0.15) is 5.75 Å². The molecule has 3 aromatic carbocycles. The number of aromatic hydroxyl groups is 1. The maximum Gasteiger partial charge on any atom is 0.116 e. The van der Waals surface area contributed by atoms with E-state index in [1.54, 1.807) is 0 Å². The van der Waals surface area contributed by atoms with Crippen molar-refractivity contribution in [1.82, 2.24) is 0 Å². The molecular formula is C19H16O. The number of rotatable bonds is 3. The first-order chi connectivity index (χ1) is 9.81. The van der Waals surface area contributed by atoms with E-state index < -0.39 is 0 Å². The van der Waals surface area contributed by atoms with Gasteiger partial charge in [0.25, 0.3) is 0 Å². The molecule has 0 spiro atoms. The fourth-order valence-electron chi connectivity index (χ4n) is 2.40. The molecule has 0 radical (unpaired) electrons. The summed E-state index contributed by atoms with van der Waals surface area (Å²) in [5, 5.41) is 9.93. The normalized spacial score (nSPS) is 10.4. The van der Waals surface area contributed by atoms with E-state index in [0.29, 0.717) is 5.75 Å². The Morgan fingerprint density at radius 3 is 1.95 bits per heavy atom. The molecule has 3 rings (SSSR count). The van der Waals surface area contributed by atoms with Gasteiger partial charge >= 0.3 is 0 Å². The predicted octanol–water partition coefficient (Wildman–Crippen LogP) is 4.65. The molecule has 0 unspecified atom stereocenters. The quantitative estimate of drug-likeness (QED) is 0.726. The van der Waals surface area contributed by atoms with Gasteiger partial charge in [-0.3, -0.25) is 0 Å². The molecule has 20 heavy (non-hydrogen) atoms. The van der Waals surface area contributed by atoms with Gasteiger partial charge in [-0.1, -0.05) is 66.7 Å². The lowest BCUT2D eigenvalue weighted by molar-refractivity contribution is 0.475. The topological polar surface area (TPSA) is 20.2 Å². The minimum Gasteiger partial charge on any atom is -0.508 e. The standard InChI is InChI=1S/C19H16O/c20-19-13-16(11-15-7-3-1-4-8-15)12-18(14-19)17-9-5-2-6-10-17/h1-10,12-14,20H,11H2. The molecule has 1 N–H and O–H groups in total. The van der Waals surface area contributed by atoms with Crippen LogP contribution in [0.5, 0.6) is 5.75 Å². The first-order valence-electron chi connectivity index (χ1n) is 6.73. The van der Waals surface area contributed by atoms with Gasteiger partial charge in [-0.25, -0.2) is 0 Å². The van der Waals surface area contributed by atoms with E-state index in [1.807, 2.05) is 48.5 Å². The molecule has 0 fully saturated rings. The second-order valence-corrected chi connectivity index (χ2v) is 4.92. The molecular weight excluding hydrogens is 244 g/mol. The second-order valence-electron chi connectivity index (χ2n) is 4.92. The van der Waals surface area contributed by atoms with E-state index in [0.717, 1.165) is 23.1 Å². The average Bonchev–Trinajstić information content (AvgIpc) is 2.49. The van der Waals surface area contributed by atoms with E-state index in [-0.39, 0.29) is 0 Å². The molecule has 3 aromatic rings. The van der Waals surface area contributed by atoms with Crippen molar-refractivity contribution >= 4 is 0 Å². The predicted molar refractivity (Wildman–Crippen MR) is 82.8 cm³/mol. The van der Waals surface area contributed by atoms with Gasteiger partial charge in [0.05, 0.1) is 0 Å². The van der Waals surface area contributed by atoms with E-state index in [4.69, 9.17) is 0 Å². The van der Waals surface area contributed by atoms with Crippen molar-refractivity contribution in [3.05, 3.63) is 90.0 Å². The van der Waals surface area contributed by atoms with Gasteiger partial charge in [-0.05, 0) is 40.8 Å². The van der Waals surface area contributed by atoms with E-state index in [2.05, 4.69) is 30.3 Å². The van der Waals surface area contributed by atoms with Crippen molar-refractivity contribution in [2.45, 2.75) is 6.42 Å². The molecule has 0 saturated heterocycles. The SMILES string of the molecule is Oc1cc(Cc2ccccc2)cc(-c2ccccc2)c1. The fraction of sp³-hybridized carbons (Fsp3) is 0.0526. The molecule has 0 aliphatic rings. The Balaban J connectivity index is 1.95. The van der Waals surface area contributed by atoms with Crippen LogP contribution >= 0.6 is 0 Å². The number of hydrogen-bond acceptors (Lipinski definition) is 1. The van der Waals surface area contributed by atoms with Crippen LogP contribution in [0.4, 0.5) is 0 Å². The first kappa shape index (κ1) is 12.5. The molecule has 1 heteroatoms. The van der Waals surface area contributed by atoms with Crippen LogP contribution in [-0.4, -0.2) is 5.11 Å². The highest BCUT2D eigenvalue weighted by atomic mass is 16.3. The van der Waals surface area contributed by atoms with E-state index >= 15 is 0 Å². The number of hydrogen-bond donors (Lipinski definition) is 1. The average molecular weight is 260 g/mol. The molecule has 0 atom stereocenters. The summed E-state index contributed by atoms with van der Waals surface area (Å²) in [5.74, 6) is 0.317. The van der Waals surface area contributed by atoms with Crippen LogP contribution in [0.2, 0.25) is 0 Å². The van der Waals surface area contributed by atoms with Crippen molar-refractivity contribution in [2.24, 2.45) is 0 Å². The number of phenolic OH excluding ortho intramolecular Hbond substituents is 1. The molecule has 0 bridgehead atoms. The Bertz CT molecular complexity index is 687. The highest BCUT2D eigenvalue weighted by Crippen LogP contribution is 2.26. The first-order valence-corrected chi connectivity index (χ1v) is 6.73. The van der Waals surface area contributed by atoms with Crippen molar-refractivity contribution < 1.29 is 5.11 Å². The zero-order chi connectivity index (χ0) is 13.8. The molecule has 0 aliphatic heterocycles. The van der Waals surface area contributed by atoms with Gasteiger partial charge in [-0.2, -0.15) is 0 Å². The van der Waals surface area contributed by atoms with Crippen LogP contribution in [0.15, 0.2) is 78.9 Å². The van der Waals surface area contributed by atoms with Gasteiger partial charge in [0, 0.05) is 0 Å². The third-order valence-corrected chi connectivity index (χ3v) is 3.34. The Labute approximate surface area is 119 Å². The van der Waals surface area contributed by atoms with Gasteiger partial charge in [0.15, 0.2) is 0 Å². The largest absolute Gasteiger partial charge is 0.508 e. The van der Waals surface area contributed by atoms with Crippen molar-refractivity contribution in [1.29, 1.82) is 0 Å². The highest BCUT2D eigenvalue weighted by Gasteiger charge is 2.03. The maximum absolute atomic E-state index is 9.93. The third-order valence-electron chi connectivity index (χ3n) is 3.34. The summed E-state index contributed by atoms with van der Waals surface area (Å²) >= 11 is 0. The van der Waals surface area contributed by atoms with Crippen LogP contribution in [0, 0.1) is 0 Å². The summed E-state index contributed by atoms with van der Waals surface area (Å²) in [6, 6.07) is 26.2. The third kappa shape index (κ3) is 2.89. The number of benzene rings is 3. The smallest absolute Gasteiger partial charge is 0.116 e. The van der Waals surface area contributed by atoms with E-state index in [9.17, 15) is 5.11 Å². The summed E-state index contributed by atoms with van der Waals surface area (Å²) in [6.45, 7) is 0. The van der Waals surface area contributed by atoms with Crippen LogP contribution in [-0.2, 0) is 6.42 Å². The molecule has 0 aromatic heterocycles. The maximum atomic E-state index is 9.93. The molecule has 0 heterocycles. The van der Waals surface area contributed by atoms with Crippen molar-refractivity contribution in [3.8, 4) is 16.9 Å². The summed E-state index contributed by atoms with van der Waals surface area (Å²) in [4.78, 5) is 0. The van der Waals surface area contributed by atoms with Crippen LogP contribution in [0.25, 0.3) is 11.1 Å². The van der Waals surface area contributed by atoms with Crippen molar-refractivity contribution in [3.63, 3.8) is 0 Å². The van der Waals surface area contributed by atoms with Crippen LogP contribution in [0.3, 0.4) is 0 Å². The second kappa shape index (κ2) is 5.62. The fourth-order valence-corrected chi connectivity index (χ4v) is 2.40. The van der Waals surface area contributed by atoms with Crippen LogP contribution in [0.1, 0.15) is 11.1 Å². The molecule has 98 valence electrons. The van der Waals surface area contributed by atoms with Crippen LogP contribution < -0.4 is 0 Å². The lowest BCUT2D eigenvalue weighted by Gasteiger charge is -2.07. The lowest BCUT2D eigenvalue weighted by Crippen LogP contribution is -1.89. The Morgan fingerprint density at radius 2 is 1.25 bits per heavy atom. The Hall–Kier alpha value is -2.54. The van der Waals surface area contributed by atoms with Gasteiger partial charge in [-0.15, -0.1) is 0 Å². The zero-order valence-electron chi connectivity index (χ0n) is 11.2. The summed E-state index contributed by atoms with van der Waals surface area (Å²) in [5.41, 5.74) is 4.54. The summed E-state index contributed by atoms with van der Waals surface area (Å²) in [7, 11) is 0. The Kier molecular flexibility index (Phi) is 3.51. The molecule has 0 aliphatic carbocycles. The summed E-state index contributed by atoms with van der Waals surface area (Å²) < 4.78 is 0. The monoisotopic (exact) mass is 260 g/mol. The minimum absolute atomic E-state index is 0.317.